The predicted molar refractivity (Wildman–Crippen MR) is 74.7 cm³/mol. The molecule has 0 amide bonds. The average molecular weight is 329 g/mol. The zero-order chi connectivity index (χ0) is 13.1. The number of H-pyrrole nitrogens is 1. The van der Waals surface area contributed by atoms with Crippen molar-refractivity contribution >= 4 is 27.7 Å². The third kappa shape index (κ3) is 2.84. The fraction of sp³-hybridized carbons (Fsp3) is 0.364. The van der Waals surface area contributed by atoms with E-state index in [4.69, 9.17) is 0 Å². The van der Waals surface area contributed by atoms with Gasteiger partial charge in [0.05, 0.1) is 15.9 Å². The van der Waals surface area contributed by atoms with Crippen LogP contribution >= 0.6 is 27.7 Å². The van der Waals surface area contributed by atoms with E-state index >= 15 is 0 Å². The summed E-state index contributed by atoms with van der Waals surface area (Å²) in [6.07, 6.45) is 2.40. The topological polar surface area (TPSA) is 63.6 Å². The fourth-order valence-corrected chi connectivity index (χ4v) is 3.39. The Morgan fingerprint density at radius 2 is 2.33 bits per heavy atom. The first kappa shape index (κ1) is 13.4. The lowest BCUT2D eigenvalue weighted by molar-refractivity contribution is 0.719. The van der Waals surface area contributed by atoms with Crippen LogP contribution in [0, 0.1) is 0 Å². The molecule has 0 aliphatic carbocycles. The second kappa shape index (κ2) is 5.71. The number of aryl methyl sites for hydroxylation is 2. The molecule has 0 aliphatic rings. The molecule has 2 aromatic rings. The lowest BCUT2D eigenvalue weighted by atomic mass is 10.3. The summed E-state index contributed by atoms with van der Waals surface area (Å²) in [7, 11) is 1.92. The van der Waals surface area contributed by atoms with Crippen LogP contribution in [0.25, 0.3) is 0 Å². The van der Waals surface area contributed by atoms with Crippen molar-refractivity contribution in [3.8, 4) is 0 Å². The summed E-state index contributed by atoms with van der Waals surface area (Å²) in [4.78, 5) is 17.9. The summed E-state index contributed by atoms with van der Waals surface area (Å²) in [6.45, 7) is 2.07. The van der Waals surface area contributed by atoms with Gasteiger partial charge in [0.1, 0.15) is 0 Å². The number of nitrogens with zero attached hydrogens (tertiary/aromatic N) is 3. The summed E-state index contributed by atoms with van der Waals surface area (Å²) < 4.78 is 2.90. The number of aromatic nitrogens is 4. The zero-order valence-corrected chi connectivity index (χ0v) is 12.5. The summed E-state index contributed by atoms with van der Waals surface area (Å²) in [6, 6.07) is 1.40. The highest BCUT2D eigenvalue weighted by molar-refractivity contribution is 9.10. The standard InChI is InChI=1S/C11H13BrN4OS/c1-3-7-10(12)8(16(2)15-7)6-18-11-13-5-4-9(17)14-11/h4-5H,3,6H2,1-2H3,(H,13,14,17). The third-order valence-corrected chi connectivity index (χ3v) is 4.31. The lowest BCUT2D eigenvalue weighted by Gasteiger charge is -2.02. The Balaban J connectivity index is 2.15. The zero-order valence-electron chi connectivity index (χ0n) is 10.1. The summed E-state index contributed by atoms with van der Waals surface area (Å²) >= 11 is 5.04. The van der Waals surface area contributed by atoms with Crippen LogP contribution in [-0.4, -0.2) is 19.7 Å². The molecule has 7 heteroatoms. The molecule has 18 heavy (non-hydrogen) atoms. The molecule has 2 aromatic heterocycles. The maximum absolute atomic E-state index is 11.2. The molecular weight excluding hydrogens is 316 g/mol. The first-order chi connectivity index (χ1) is 8.61. The van der Waals surface area contributed by atoms with Gasteiger partial charge in [-0.15, -0.1) is 0 Å². The van der Waals surface area contributed by atoms with Crippen molar-refractivity contribution in [2.45, 2.75) is 24.3 Å². The molecule has 2 rings (SSSR count). The molecule has 0 saturated heterocycles. The Morgan fingerprint density at radius 3 is 2.94 bits per heavy atom. The van der Waals surface area contributed by atoms with Crippen molar-refractivity contribution in [1.29, 1.82) is 0 Å². The monoisotopic (exact) mass is 328 g/mol. The van der Waals surface area contributed by atoms with Crippen LogP contribution in [0.2, 0.25) is 0 Å². The van der Waals surface area contributed by atoms with E-state index in [1.54, 1.807) is 0 Å². The Hall–Kier alpha value is -1.08. The normalized spacial score (nSPS) is 10.8. The van der Waals surface area contributed by atoms with E-state index in [0.29, 0.717) is 10.9 Å². The average Bonchev–Trinajstić information content (AvgIpc) is 2.62. The molecule has 0 bridgehead atoms. The quantitative estimate of drug-likeness (QED) is 0.689. The van der Waals surface area contributed by atoms with Crippen LogP contribution in [-0.2, 0) is 19.2 Å². The highest BCUT2D eigenvalue weighted by Crippen LogP contribution is 2.27. The molecular formula is C11H13BrN4OS. The van der Waals surface area contributed by atoms with Gasteiger partial charge in [-0.25, -0.2) is 4.98 Å². The summed E-state index contributed by atoms with van der Waals surface area (Å²) in [5.74, 6) is 0.705. The van der Waals surface area contributed by atoms with E-state index in [1.165, 1.54) is 24.0 Å². The van der Waals surface area contributed by atoms with E-state index in [0.717, 1.165) is 22.3 Å². The van der Waals surface area contributed by atoms with Gasteiger partial charge in [0.25, 0.3) is 5.56 Å². The van der Waals surface area contributed by atoms with Gasteiger partial charge in [0.2, 0.25) is 0 Å². The first-order valence-electron chi connectivity index (χ1n) is 5.50. The number of rotatable bonds is 4. The largest absolute Gasteiger partial charge is 0.301 e. The number of aromatic amines is 1. The summed E-state index contributed by atoms with van der Waals surface area (Å²) in [5.41, 5.74) is 2.00. The number of nitrogens with one attached hydrogen (secondary N) is 1. The number of halogens is 1. The second-order valence-electron chi connectivity index (χ2n) is 3.71. The van der Waals surface area contributed by atoms with E-state index < -0.39 is 0 Å². The molecule has 2 heterocycles. The minimum atomic E-state index is -0.134. The Kier molecular flexibility index (Phi) is 4.23. The van der Waals surface area contributed by atoms with Gasteiger partial charge in [-0.1, -0.05) is 18.7 Å². The second-order valence-corrected chi connectivity index (χ2v) is 5.47. The third-order valence-electron chi connectivity index (χ3n) is 2.50. The van der Waals surface area contributed by atoms with Crippen LogP contribution in [0.3, 0.4) is 0 Å². The SMILES string of the molecule is CCc1nn(C)c(CSc2nccc(=O)[nH]2)c1Br. The van der Waals surface area contributed by atoms with Crippen molar-refractivity contribution in [2.24, 2.45) is 7.05 Å². The van der Waals surface area contributed by atoms with Crippen LogP contribution in [0.15, 0.2) is 26.7 Å². The molecule has 0 aromatic carbocycles. The van der Waals surface area contributed by atoms with Gasteiger partial charge in [-0.05, 0) is 22.4 Å². The van der Waals surface area contributed by atoms with E-state index in [-0.39, 0.29) is 5.56 Å². The van der Waals surface area contributed by atoms with E-state index in [1.807, 2.05) is 11.7 Å². The molecule has 0 radical (unpaired) electrons. The molecule has 0 unspecified atom stereocenters. The van der Waals surface area contributed by atoms with Gasteiger partial charge in [0, 0.05) is 25.1 Å². The van der Waals surface area contributed by atoms with Crippen LogP contribution < -0.4 is 5.56 Å². The maximum Gasteiger partial charge on any atom is 0.251 e. The number of thioether (sulfide) groups is 1. The van der Waals surface area contributed by atoms with Crippen molar-refractivity contribution in [1.82, 2.24) is 19.7 Å². The van der Waals surface area contributed by atoms with E-state index in [9.17, 15) is 4.79 Å². The highest BCUT2D eigenvalue weighted by Gasteiger charge is 2.12. The molecule has 0 fully saturated rings. The lowest BCUT2D eigenvalue weighted by Crippen LogP contribution is -2.05. The maximum atomic E-state index is 11.2. The Bertz CT molecular complexity index is 607. The van der Waals surface area contributed by atoms with Crippen molar-refractivity contribution < 1.29 is 0 Å². The predicted octanol–water partition coefficient (Wildman–Crippen LogP) is 2.12. The molecule has 0 atom stereocenters. The van der Waals surface area contributed by atoms with Gasteiger partial charge in [-0.3, -0.25) is 9.48 Å². The number of hydrogen-bond donors (Lipinski definition) is 1. The van der Waals surface area contributed by atoms with Crippen LogP contribution in [0.4, 0.5) is 0 Å². The van der Waals surface area contributed by atoms with Gasteiger partial charge in [-0.2, -0.15) is 5.10 Å². The smallest absolute Gasteiger partial charge is 0.251 e. The van der Waals surface area contributed by atoms with Crippen molar-refractivity contribution in [3.63, 3.8) is 0 Å². The summed E-state index contributed by atoms with van der Waals surface area (Å²) in [5, 5.41) is 5.04. The minimum Gasteiger partial charge on any atom is -0.301 e. The molecule has 0 spiro atoms. The highest BCUT2D eigenvalue weighted by atomic mass is 79.9. The van der Waals surface area contributed by atoms with Gasteiger partial charge in [0.15, 0.2) is 5.16 Å². The van der Waals surface area contributed by atoms with Crippen molar-refractivity contribution in [2.75, 3.05) is 0 Å². The van der Waals surface area contributed by atoms with E-state index in [2.05, 4.69) is 37.9 Å². The molecule has 0 aliphatic heterocycles. The molecule has 1 N–H and O–H groups in total. The minimum absolute atomic E-state index is 0.134. The van der Waals surface area contributed by atoms with Crippen molar-refractivity contribution in [3.05, 3.63) is 38.5 Å². The first-order valence-corrected chi connectivity index (χ1v) is 7.28. The van der Waals surface area contributed by atoms with Gasteiger partial charge < -0.3 is 4.98 Å². The molecule has 96 valence electrons. The fourth-order valence-electron chi connectivity index (χ4n) is 1.54. The van der Waals surface area contributed by atoms with Gasteiger partial charge >= 0.3 is 0 Å². The molecule has 0 saturated carbocycles. The molecule has 5 nitrogen and oxygen atoms in total. The van der Waals surface area contributed by atoms with Crippen LogP contribution in [0.5, 0.6) is 0 Å². The Labute approximate surface area is 117 Å². The Morgan fingerprint density at radius 1 is 1.56 bits per heavy atom. The van der Waals surface area contributed by atoms with Crippen LogP contribution in [0.1, 0.15) is 18.3 Å². The number of hydrogen-bond acceptors (Lipinski definition) is 4.